The SMILES string of the molecule is O=[N+]([O-])c1c(F)cc(F)cc1Sc1ccc(CO)cc1. The number of nitro benzene ring substituents is 1. The maximum atomic E-state index is 13.5. The van der Waals surface area contributed by atoms with Crippen molar-refractivity contribution in [2.24, 2.45) is 0 Å². The fourth-order valence-corrected chi connectivity index (χ4v) is 2.55. The molecule has 0 bridgehead atoms. The van der Waals surface area contributed by atoms with E-state index >= 15 is 0 Å². The van der Waals surface area contributed by atoms with Crippen LogP contribution in [0.3, 0.4) is 0 Å². The highest BCUT2D eigenvalue weighted by atomic mass is 32.2. The third-order valence-electron chi connectivity index (χ3n) is 2.51. The Hall–Kier alpha value is -1.99. The lowest BCUT2D eigenvalue weighted by molar-refractivity contribution is -0.390. The molecule has 104 valence electrons. The first-order valence-corrected chi connectivity index (χ1v) is 6.34. The minimum atomic E-state index is -1.20. The van der Waals surface area contributed by atoms with Crippen LogP contribution in [0.2, 0.25) is 0 Å². The molecular formula is C13H9F2NO3S. The van der Waals surface area contributed by atoms with Gasteiger partial charge in [0.15, 0.2) is 0 Å². The molecule has 0 aliphatic heterocycles. The van der Waals surface area contributed by atoms with Crippen molar-refractivity contribution >= 4 is 17.4 Å². The fourth-order valence-electron chi connectivity index (χ4n) is 1.59. The summed E-state index contributed by atoms with van der Waals surface area (Å²) in [5, 5.41) is 19.8. The van der Waals surface area contributed by atoms with E-state index in [4.69, 9.17) is 5.11 Å². The van der Waals surface area contributed by atoms with E-state index in [1.807, 2.05) is 0 Å². The topological polar surface area (TPSA) is 63.4 Å². The summed E-state index contributed by atoms with van der Waals surface area (Å²) in [5.74, 6) is -2.08. The summed E-state index contributed by atoms with van der Waals surface area (Å²) in [5.41, 5.74) is -0.0723. The number of hydrogen-bond acceptors (Lipinski definition) is 4. The average molecular weight is 297 g/mol. The number of aliphatic hydroxyl groups excluding tert-OH is 1. The molecule has 0 heterocycles. The van der Waals surface area contributed by atoms with E-state index < -0.39 is 22.2 Å². The lowest BCUT2D eigenvalue weighted by atomic mass is 10.2. The van der Waals surface area contributed by atoms with Gasteiger partial charge in [0.05, 0.1) is 16.4 Å². The molecule has 2 aromatic carbocycles. The molecule has 0 spiro atoms. The molecule has 0 saturated heterocycles. The molecule has 4 nitrogen and oxygen atoms in total. The molecule has 0 aromatic heterocycles. The maximum absolute atomic E-state index is 13.5. The van der Waals surface area contributed by atoms with Gasteiger partial charge < -0.3 is 5.11 Å². The van der Waals surface area contributed by atoms with Crippen molar-refractivity contribution in [1.29, 1.82) is 0 Å². The van der Waals surface area contributed by atoms with Gasteiger partial charge in [-0.15, -0.1) is 0 Å². The van der Waals surface area contributed by atoms with Crippen LogP contribution >= 0.6 is 11.8 Å². The van der Waals surface area contributed by atoms with Crippen molar-refractivity contribution in [3.05, 3.63) is 63.7 Å². The van der Waals surface area contributed by atoms with Gasteiger partial charge in [0.25, 0.3) is 0 Å². The number of rotatable bonds is 4. The second-order valence-corrected chi connectivity index (χ2v) is 5.01. The Morgan fingerprint density at radius 2 is 1.85 bits per heavy atom. The minimum Gasteiger partial charge on any atom is -0.392 e. The zero-order chi connectivity index (χ0) is 14.7. The normalized spacial score (nSPS) is 10.6. The zero-order valence-corrected chi connectivity index (χ0v) is 10.9. The van der Waals surface area contributed by atoms with E-state index in [0.29, 0.717) is 16.5 Å². The highest BCUT2D eigenvalue weighted by Crippen LogP contribution is 2.37. The Balaban J connectivity index is 2.39. The number of aliphatic hydroxyl groups is 1. The van der Waals surface area contributed by atoms with Gasteiger partial charge in [-0.05, 0) is 23.8 Å². The summed E-state index contributed by atoms with van der Waals surface area (Å²) < 4.78 is 26.6. The minimum absolute atomic E-state index is 0.107. The van der Waals surface area contributed by atoms with E-state index in [1.165, 1.54) is 0 Å². The summed E-state index contributed by atoms with van der Waals surface area (Å²) in [7, 11) is 0. The maximum Gasteiger partial charge on any atom is 0.318 e. The molecular weight excluding hydrogens is 288 g/mol. The first-order valence-electron chi connectivity index (χ1n) is 5.52. The van der Waals surface area contributed by atoms with E-state index in [9.17, 15) is 18.9 Å². The first-order chi connectivity index (χ1) is 9.51. The van der Waals surface area contributed by atoms with Crippen LogP contribution < -0.4 is 0 Å². The molecule has 0 unspecified atom stereocenters. The van der Waals surface area contributed by atoms with E-state index in [1.54, 1.807) is 24.3 Å². The summed E-state index contributed by atoms with van der Waals surface area (Å²) in [6.45, 7) is -0.125. The average Bonchev–Trinajstić information content (AvgIpc) is 2.38. The molecule has 7 heteroatoms. The van der Waals surface area contributed by atoms with Crippen molar-refractivity contribution in [3.8, 4) is 0 Å². The summed E-state index contributed by atoms with van der Waals surface area (Å²) in [6, 6.07) is 7.89. The lowest BCUT2D eigenvalue weighted by Gasteiger charge is -2.05. The molecule has 2 aromatic rings. The quantitative estimate of drug-likeness (QED) is 0.693. The van der Waals surface area contributed by atoms with Gasteiger partial charge >= 0.3 is 5.69 Å². The smallest absolute Gasteiger partial charge is 0.318 e. The monoisotopic (exact) mass is 297 g/mol. The number of nitrogens with zero attached hydrogens (tertiary/aromatic N) is 1. The van der Waals surface area contributed by atoms with Gasteiger partial charge in [-0.2, -0.15) is 4.39 Å². The van der Waals surface area contributed by atoms with Gasteiger partial charge in [-0.1, -0.05) is 23.9 Å². The number of benzene rings is 2. The summed E-state index contributed by atoms with van der Waals surface area (Å²) >= 11 is 0.887. The third kappa shape index (κ3) is 3.12. The number of halogens is 2. The van der Waals surface area contributed by atoms with Crippen LogP contribution in [0.25, 0.3) is 0 Å². The molecule has 20 heavy (non-hydrogen) atoms. The Kier molecular flexibility index (Phi) is 4.31. The van der Waals surface area contributed by atoms with Crippen molar-refractivity contribution in [3.63, 3.8) is 0 Å². The molecule has 0 atom stereocenters. The Labute approximate surface area is 117 Å². The van der Waals surface area contributed by atoms with Gasteiger partial charge in [0.1, 0.15) is 5.82 Å². The Morgan fingerprint density at radius 1 is 1.20 bits per heavy atom. The molecule has 0 amide bonds. The second-order valence-electron chi connectivity index (χ2n) is 3.90. The molecule has 2 rings (SSSR count). The molecule has 0 aliphatic carbocycles. The van der Waals surface area contributed by atoms with Crippen LogP contribution in [0.1, 0.15) is 5.56 Å². The number of nitro groups is 1. The number of hydrogen-bond donors (Lipinski definition) is 1. The lowest BCUT2D eigenvalue weighted by Crippen LogP contribution is -1.96. The van der Waals surface area contributed by atoms with Crippen LogP contribution in [0.15, 0.2) is 46.2 Å². The van der Waals surface area contributed by atoms with Crippen LogP contribution in [-0.4, -0.2) is 10.0 Å². The highest BCUT2D eigenvalue weighted by molar-refractivity contribution is 7.99. The Bertz CT molecular complexity index is 647. The van der Waals surface area contributed by atoms with Crippen molar-refractivity contribution in [2.45, 2.75) is 16.4 Å². The molecule has 0 fully saturated rings. The van der Waals surface area contributed by atoms with Crippen molar-refractivity contribution in [2.75, 3.05) is 0 Å². The van der Waals surface area contributed by atoms with Gasteiger partial charge in [0.2, 0.25) is 5.82 Å². The van der Waals surface area contributed by atoms with Gasteiger partial charge in [0, 0.05) is 11.0 Å². The van der Waals surface area contributed by atoms with E-state index in [-0.39, 0.29) is 11.5 Å². The summed E-state index contributed by atoms with van der Waals surface area (Å²) in [4.78, 5) is 10.4. The predicted molar refractivity (Wildman–Crippen MR) is 69.5 cm³/mol. The van der Waals surface area contributed by atoms with E-state index in [0.717, 1.165) is 17.8 Å². The van der Waals surface area contributed by atoms with Gasteiger partial charge in [-0.3, -0.25) is 10.1 Å². The van der Waals surface area contributed by atoms with Crippen LogP contribution in [0.5, 0.6) is 0 Å². The first kappa shape index (κ1) is 14.4. The summed E-state index contributed by atoms with van der Waals surface area (Å²) in [6.07, 6.45) is 0. The van der Waals surface area contributed by atoms with E-state index in [2.05, 4.69) is 0 Å². The Morgan fingerprint density at radius 3 is 2.40 bits per heavy atom. The molecule has 0 radical (unpaired) electrons. The van der Waals surface area contributed by atoms with Gasteiger partial charge in [-0.25, -0.2) is 4.39 Å². The molecule has 1 N–H and O–H groups in total. The fraction of sp³-hybridized carbons (Fsp3) is 0.0769. The standard InChI is InChI=1S/C13H9F2NO3S/c14-9-5-11(15)13(16(18)19)12(6-9)20-10-3-1-8(7-17)2-4-10/h1-6,17H,7H2. The van der Waals surface area contributed by atoms with Crippen LogP contribution in [0.4, 0.5) is 14.5 Å². The second kappa shape index (κ2) is 5.98. The largest absolute Gasteiger partial charge is 0.392 e. The third-order valence-corrected chi connectivity index (χ3v) is 3.55. The molecule has 0 aliphatic rings. The van der Waals surface area contributed by atoms with Crippen molar-refractivity contribution in [1.82, 2.24) is 0 Å². The predicted octanol–water partition coefficient (Wildman–Crippen LogP) is 3.52. The molecule has 0 saturated carbocycles. The van der Waals surface area contributed by atoms with Crippen LogP contribution in [-0.2, 0) is 6.61 Å². The van der Waals surface area contributed by atoms with Crippen LogP contribution in [0, 0.1) is 21.7 Å². The zero-order valence-electron chi connectivity index (χ0n) is 10.0. The van der Waals surface area contributed by atoms with Crippen molar-refractivity contribution < 1.29 is 18.8 Å². The highest BCUT2D eigenvalue weighted by Gasteiger charge is 2.22.